The van der Waals surface area contributed by atoms with Gasteiger partial charge in [0, 0.05) is 59.7 Å². The molecule has 0 radical (unpaired) electrons. The van der Waals surface area contributed by atoms with Gasteiger partial charge >= 0.3 is 0 Å². The summed E-state index contributed by atoms with van der Waals surface area (Å²) >= 11 is 1.90. The van der Waals surface area contributed by atoms with Crippen LogP contribution in [0.4, 0.5) is 34.1 Å². The number of anilines is 6. The highest BCUT2D eigenvalue weighted by molar-refractivity contribution is 7.27. The molecule has 0 aliphatic carbocycles. The fourth-order valence-corrected chi connectivity index (χ4v) is 13.3. The molecule has 0 atom stereocenters. The number of nitrogens with zero attached hydrogens (tertiary/aromatic N) is 2. The van der Waals surface area contributed by atoms with E-state index in [1.54, 1.807) is 0 Å². The maximum absolute atomic E-state index is 2.41. The molecule has 0 N–H and O–H groups in total. The van der Waals surface area contributed by atoms with E-state index in [1.165, 1.54) is 108 Å². The van der Waals surface area contributed by atoms with Crippen molar-refractivity contribution in [3.8, 4) is 66.8 Å². The molecule has 1 aromatic heterocycles. The Morgan fingerprint density at radius 1 is 0.181 bits per heavy atom. The quantitative estimate of drug-likeness (QED) is 0.113. The highest BCUT2D eigenvalue weighted by Gasteiger charge is 2.19. The summed E-state index contributed by atoms with van der Waals surface area (Å²) in [4.78, 5) is 4.71. The summed E-state index contributed by atoms with van der Waals surface area (Å²) in [6.07, 6.45) is 0. The Kier molecular flexibility index (Phi) is 12.8. The fraction of sp³-hybridized carbons (Fsp3) is 0. The molecule has 0 saturated heterocycles. The van der Waals surface area contributed by atoms with Crippen LogP contribution in [0, 0.1) is 0 Å². The standard InChI is InChI=1S/C80H54N2S/c1-5-15-55(16-6-1)59-25-39-67(40-26-59)81(68-41-27-60(28-42-68)56-17-7-2-8-18-56)71-47-33-63(34-48-71)65-37-51-75-77(53-65)73-23-13-14-24-74(73)79-76-52-38-66(54-78(76)83-80(75)79)64-35-49-72(50-36-64)82(69-43-29-61(30-44-69)57-19-9-3-10-20-57)70-45-31-62(32-46-70)58-21-11-4-12-22-58/h1-54H. The normalized spacial score (nSPS) is 11.4. The van der Waals surface area contributed by atoms with Crippen LogP contribution in [0.15, 0.2) is 328 Å². The zero-order chi connectivity index (χ0) is 55.1. The molecule has 1 heterocycles. The molecule has 15 aromatic rings. The minimum absolute atomic E-state index is 1.10. The van der Waals surface area contributed by atoms with Crippen LogP contribution in [0.5, 0.6) is 0 Å². The maximum atomic E-state index is 2.41. The van der Waals surface area contributed by atoms with E-state index in [4.69, 9.17) is 0 Å². The minimum atomic E-state index is 1.10. The van der Waals surface area contributed by atoms with Gasteiger partial charge in [-0.25, -0.2) is 0 Å². The lowest BCUT2D eigenvalue weighted by Crippen LogP contribution is -2.09. The summed E-state index contributed by atoms with van der Waals surface area (Å²) in [5.41, 5.74) is 21.0. The number of fused-ring (bicyclic) bond motifs is 8. The van der Waals surface area contributed by atoms with E-state index >= 15 is 0 Å². The average Bonchev–Trinajstić information content (AvgIpc) is 3.96. The highest BCUT2D eigenvalue weighted by Crippen LogP contribution is 2.47. The SMILES string of the molecule is c1ccc(-c2ccc(N(c3ccc(-c4ccccc4)cc3)c3ccc(-c4ccc5c(c4)sc4c6ccc(-c7ccc(N(c8ccc(-c9ccccc9)cc8)c8ccc(-c9ccccc9)cc8)cc7)cc6c6ccccc6c54)cc3)cc2)cc1. The summed E-state index contributed by atoms with van der Waals surface area (Å²) in [5.74, 6) is 0. The molecule has 2 nitrogen and oxygen atoms in total. The summed E-state index contributed by atoms with van der Waals surface area (Å²) < 4.78 is 2.61. The lowest BCUT2D eigenvalue weighted by molar-refractivity contribution is 1.28. The maximum Gasteiger partial charge on any atom is 0.0462 e. The molecule has 0 aliphatic heterocycles. The Labute approximate surface area is 488 Å². The number of thiophene rings is 1. The molecular weight excluding hydrogens is 1020 g/mol. The largest absolute Gasteiger partial charge is 0.311 e. The van der Waals surface area contributed by atoms with Crippen molar-refractivity contribution in [3.05, 3.63) is 328 Å². The van der Waals surface area contributed by atoms with E-state index in [0.717, 1.165) is 34.1 Å². The topological polar surface area (TPSA) is 6.48 Å². The summed E-state index contributed by atoms with van der Waals surface area (Å²) in [6.45, 7) is 0. The summed E-state index contributed by atoms with van der Waals surface area (Å²) in [5, 5.41) is 7.72. The van der Waals surface area contributed by atoms with Gasteiger partial charge in [0.2, 0.25) is 0 Å². The summed E-state index contributed by atoms with van der Waals surface area (Å²) in [7, 11) is 0. The number of hydrogen-bond donors (Lipinski definition) is 0. The lowest BCUT2D eigenvalue weighted by Gasteiger charge is -2.26. The van der Waals surface area contributed by atoms with Crippen molar-refractivity contribution in [1.82, 2.24) is 0 Å². The van der Waals surface area contributed by atoms with Crippen LogP contribution in [0.1, 0.15) is 0 Å². The molecule has 0 aliphatic rings. The zero-order valence-corrected chi connectivity index (χ0v) is 46.3. The van der Waals surface area contributed by atoms with Crippen molar-refractivity contribution >= 4 is 87.2 Å². The van der Waals surface area contributed by atoms with Gasteiger partial charge in [0.25, 0.3) is 0 Å². The molecular formula is C80H54N2S. The number of benzene rings is 14. The monoisotopic (exact) mass is 1070 g/mol. The average molecular weight is 1080 g/mol. The van der Waals surface area contributed by atoms with Gasteiger partial charge in [0.1, 0.15) is 0 Å². The fourth-order valence-electron chi connectivity index (χ4n) is 12.0. The smallest absolute Gasteiger partial charge is 0.0462 e. The van der Waals surface area contributed by atoms with Crippen LogP contribution >= 0.6 is 11.3 Å². The van der Waals surface area contributed by atoms with Crippen LogP contribution in [0.25, 0.3) is 108 Å². The molecule has 0 unspecified atom stereocenters. The van der Waals surface area contributed by atoms with Crippen LogP contribution < -0.4 is 9.80 Å². The van der Waals surface area contributed by atoms with Gasteiger partial charge in [-0.1, -0.05) is 243 Å². The van der Waals surface area contributed by atoms with Gasteiger partial charge in [0.15, 0.2) is 0 Å². The van der Waals surface area contributed by atoms with Crippen LogP contribution in [0.3, 0.4) is 0 Å². The number of rotatable bonds is 12. The second-order valence-electron chi connectivity index (χ2n) is 21.2. The lowest BCUT2D eigenvalue weighted by atomic mass is 9.94. The molecule has 0 amide bonds. The predicted octanol–water partition coefficient (Wildman–Crippen LogP) is 23.3. The van der Waals surface area contributed by atoms with E-state index < -0.39 is 0 Å². The second-order valence-corrected chi connectivity index (χ2v) is 22.3. The zero-order valence-electron chi connectivity index (χ0n) is 45.5. The number of hydrogen-bond acceptors (Lipinski definition) is 3. The Balaban J connectivity index is 0.754. The van der Waals surface area contributed by atoms with Crippen molar-refractivity contribution in [3.63, 3.8) is 0 Å². The second kappa shape index (κ2) is 21.5. The Morgan fingerprint density at radius 3 is 0.795 bits per heavy atom. The van der Waals surface area contributed by atoms with Crippen molar-refractivity contribution in [2.45, 2.75) is 0 Å². The third kappa shape index (κ3) is 9.49. The van der Waals surface area contributed by atoms with E-state index in [2.05, 4.69) is 337 Å². The third-order valence-corrected chi connectivity index (χ3v) is 17.5. The van der Waals surface area contributed by atoms with E-state index in [0.29, 0.717) is 0 Å². The molecule has 0 saturated carbocycles. The van der Waals surface area contributed by atoms with Crippen molar-refractivity contribution in [1.29, 1.82) is 0 Å². The van der Waals surface area contributed by atoms with Gasteiger partial charge in [-0.2, -0.15) is 0 Å². The Bertz CT molecular complexity index is 4590. The first kappa shape index (κ1) is 49.5. The van der Waals surface area contributed by atoms with Gasteiger partial charge in [-0.15, -0.1) is 11.3 Å². The van der Waals surface area contributed by atoms with Crippen LogP contribution in [0.2, 0.25) is 0 Å². The molecule has 390 valence electrons. The first-order chi connectivity index (χ1) is 41.1. The molecule has 15 rings (SSSR count). The Hall–Kier alpha value is -10.6. The van der Waals surface area contributed by atoms with Crippen molar-refractivity contribution in [2.75, 3.05) is 9.80 Å². The van der Waals surface area contributed by atoms with E-state index in [1.807, 2.05) is 11.3 Å². The van der Waals surface area contributed by atoms with Crippen molar-refractivity contribution in [2.24, 2.45) is 0 Å². The highest BCUT2D eigenvalue weighted by atomic mass is 32.1. The summed E-state index contributed by atoms with van der Waals surface area (Å²) in [6, 6.07) is 119. The van der Waals surface area contributed by atoms with E-state index in [9.17, 15) is 0 Å². The van der Waals surface area contributed by atoms with Gasteiger partial charge in [-0.05, 0) is 168 Å². The van der Waals surface area contributed by atoms with Crippen molar-refractivity contribution < 1.29 is 0 Å². The first-order valence-corrected chi connectivity index (χ1v) is 29.2. The Morgan fingerprint density at radius 2 is 0.446 bits per heavy atom. The van der Waals surface area contributed by atoms with Gasteiger partial charge < -0.3 is 9.80 Å². The van der Waals surface area contributed by atoms with E-state index in [-0.39, 0.29) is 0 Å². The van der Waals surface area contributed by atoms with Crippen LogP contribution in [-0.2, 0) is 0 Å². The van der Waals surface area contributed by atoms with Gasteiger partial charge in [0.05, 0.1) is 0 Å². The van der Waals surface area contributed by atoms with Gasteiger partial charge in [-0.3, -0.25) is 0 Å². The molecule has 0 spiro atoms. The third-order valence-electron chi connectivity index (χ3n) is 16.3. The van der Waals surface area contributed by atoms with Crippen LogP contribution in [-0.4, -0.2) is 0 Å². The molecule has 0 bridgehead atoms. The first-order valence-electron chi connectivity index (χ1n) is 28.4. The predicted molar refractivity (Wildman–Crippen MR) is 356 cm³/mol. The molecule has 83 heavy (non-hydrogen) atoms. The molecule has 3 heteroatoms. The minimum Gasteiger partial charge on any atom is -0.311 e. The molecule has 14 aromatic carbocycles. The molecule has 0 fully saturated rings.